The molecule has 0 atom stereocenters. The fourth-order valence-corrected chi connectivity index (χ4v) is 3.62. The van der Waals surface area contributed by atoms with Crippen LogP contribution in [-0.2, 0) is 0 Å². The lowest BCUT2D eigenvalue weighted by Gasteiger charge is -2.38. The van der Waals surface area contributed by atoms with Crippen LogP contribution in [-0.4, -0.2) is 19.1 Å². The van der Waals surface area contributed by atoms with Gasteiger partial charge in [0, 0.05) is 23.6 Å². The minimum absolute atomic E-state index is 0.752. The Balaban J connectivity index is 1.87. The molecule has 1 aromatic carbocycles. The van der Waals surface area contributed by atoms with Crippen molar-refractivity contribution in [1.82, 2.24) is 0 Å². The van der Waals surface area contributed by atoms with E-state index in [1.54, 1.807) is 0 Å². The van der Waals surface area contributed by atoms with Gasteiger partial charge < -0.3 is 10.2 Å². The van der Waals surface area contributed by atoms with Crippen molar-refractivity contribution in [1.29, 1.82) is 0 Å². The van der Waals surface area contributed by atoms with E-state index in [1.807, 2.05) is 0 Å². The van der Waals surface area contributed by atoms with Crippen molar-refractivity contribution < 1.29 is 0 Å². The summed E-state index contributed by atoms with van der Waals surface area (Å²) in [5.41, 5.74) is 2.69. The van der Waals surface area contributed by atoms with Gasteiger partial charge in [0.1, 0.15) is 0 Å². The number of nitrogens with zero attached hydrogens (tertiary/aromatic N) is 1. The number of halogens is 1. The summed E-state index contributed by atoms with van der Waals surface area (Å²) in [7, 11) is 0. The van der Waals surface area contributed by atoms with Crippen LogP contribution in [0.4, 0.5) is 11.4 Å². The van der Waals surface area contributed by atoms with E-state index in [1.165, 1.54) is 54.4 Å². The standard InChI is InChI=1S/C15H21BrN2/c16-12-7-8-14-15(11-12)18(10-9-17-14)13-5-3-1-2-4-6-13/h7-8,11,13,17H,1-6,9-10H2. The van der Waals surface area contributed by atoms with Gasteiger partial charge in [0.05, 0.1) is 11.4 Å². The number of nitrogens with one attached hydrogen (secondary N) is 1. The third kappa shape index (κ3) is 2.51. The first-order valence-corrected chi connectivity index (χ1v) is 7.94. The molecule has 18 heavy (non-hydrogen) atoms. The van der Waals surface area contributed by atoms with Gasteiger partial charge in [0.2, 0.25) is 0 Å². The maximum absolute atomic E-state index is 3.60. The molecule has 3 rings (SSSR count). The van der Waals surface area contributed by atoms with Gasteiger partial charge in [-0.1, -0.05) is 41.6 Å². The van der Waals surface area contributed by atoms with Crippen LogP contribution in [0.15, 0.2) is 22.7 Å². The highest BCUT2D eigenvalue weighted by atomic mass is 79.9. The summed E-state index contributed by atoms with van der Waals surface area (Å²) in [5.74, 6) is 0. The van der Waals surface area contributed by atoms with E-state index in [2.05, 4.69) is 44.3 Å². The number of anilines is 2. The van der Waals surface area contributed by atoms with E-state index in [0.29, 0.717) is 0 Å². The van der Waals surface area contributed by atoms with E-state index in [4.69, 9.17) is 0 Å². The van der Waals surface area contributed by atoms with E-state index in [0.717, 1.165) is 19.1 Å². The van der Waals surface area contributed by atoms with Gasteiger partial charge >= 0.3 is 0 Å². The van der Waals surface area contributed by atoms with Crippen LogP contribution < -0.4 is 10.2 Å². The molecular formula is C15H21BrN2. The normalized spacial score (nSPS) is 21.1. The van der Waals surface area contributed by atoms with E-state index in [-0.39, 0.29) is 0 Å². The van der Waals surface area contributed by atoms with Crippen LogP contribution in [0.3, 0.4) is 0 Å². The zero-order chi connectivity index (χ0) is 12.4. The van der Waals surface area contributed by atoms with Gasteiger partial charge in [0.25, 0.3) is 0 Å². The van der Waals surface area contributed by atoms with Crippen molar-refractivity contribution in [3.63, 3.8) is 0 Å². The third-order valence-corrected chi connectivity index (χ3v) is 4.70. The van der Waals surface area contributed by atoms with Crippen molar-refractivity contribution >= 4 is 27.3 Å². The third-order valence-electron chi connectivity index (χ3n) is 4.20. The van der Waals surface area contributed by atoms with Crippen molar-refractivity contribution in [2.24, 2.45) is 0 Å². The molecule has 1 saturated carbocycles. The molecule has 1 N–H and O–H groups in total. The summed E-state index contributed by atoms with van der Waals surface area (Å²) in [6.07, 6.45) is 8.38. The predicted molar refractivity (Wildman–Crippen MR) is 81.5 cm³/mol. The molecule has 0 saturated heterocycles. The van der Waals surface area contributed by atoms with Gasteiger partial charge in [-0.15, -0.1) is 0 Å². The van der Waals surface area contributed by atoms with E-state index in [9.17, 15) is 0 Å². The van der Waals surface area contributed by atoms with Gasteiger partial charge in [-0.2, -0.15) is 0 Å². The maximum atomic E-state index is 3.60. The minimum Gasteiger partial charge on any atom is -0.382 e. The topological polar surface area (TPSA) is 15.3 Å². The number of benzene rings is 1. The monoisotopic (exact) mass is 308 g/mol. The number of rotatable bonds is 1. The summed E-state index contributed by atoms with van der Waals surface area (Å²) in [5, 5.41) is 3.51. The van der Waals surface area contributed by atoms with Crippen LogP contribution in [0.2, 0.25) is 0 Å². The smallest absolute Gasteiger partial charge is 0.0616 e. The Hall–Kier alpha value is -0.700. The summed E-state index contributed by atoms with van der Waals surface area (Å²) in [6, 6.07) is 7.35. The molecule has 1 fully saturated rings. The van der Waals surface area contributed by atoms with Gasteiger partial charge in [0.15, 0.2) is 0 Å². The quantitative estimate of drug-likeness (QED) is 0.773. The molecule has 0 spiro atoms. The predicted octanol–water partition coefficient (Wildman–Crippen LogP) is 4.40. The van der Waals surface area contributed by atoms with Crippen molar-refractivity contribution in [3.8, 4) is 0 Å². The largest absolute Gasteiger partial charge is 0.382 e. The van der Waals surface area contributed by atoms with Crippen LogP contribution in [0, 0.1) is 0 Å². The fraction of sp³-hybridized carbons (Fsp3) is 0.600. The second-order valence-corrected chi connectivity index (χ2v) is 6.34. The first-order valence-electron chi connectivity index (χ1n) is 7.15. The summed E-state index contributed by atoms with van der Waals surface area (Å²) in [4.78, 5) is 2.64. The molecule has 2 nitrogen and oxygen atoms in total. The van der Waals surface area contributed by atoms with Crippen LogP contribution in [0.1, 0.15) is 38.5 Å². The van der Waals surface area contributed by atoms with Gasteiger partial charge in [-0.3, -0.25) is 0 Å². The first-order chi connectivity index (χ1) is 8.84. The molecule has 0 amide bonds. The second kappa shape index (κ2) is 5.52. The minimum atomic E-state index is 0.752. The summed E-state index contributed by atoms with van der Waals surface area (Å²) >= 11 is 3.60. The average molecular weight is 309 g/mol. The first kappa shape index (κ1) is 12.3. The molecule has 1 aliphatic carbocycles. The molecule has 1 aromatic rings. The van der Waals surface area contributed by atoms with Gasteiger partial charge in [-0.25, -0.2) is 0 Å². The molecule has 1 heterocycles. The van der Waals surface area contributed by atoms with Crippen LogP contribution in [0.25, 0.3) is 0 Å². The molecular weight excluding hydrogens is 288 g/mol. The lowest BCUT2D eigenvalue weighted by molar-refractivity contribution is 0.525. The number of hydrogen-bond acceptors (Lipinski definition) is 2. The van der Waals surface area contributed by atoms with Crippen molar-refractivity contribution in [2.75, 3.05) is 23.3 Å². The highest BCUT2D eigenvalue weighted by Gasteiger charge is 2.24. The van der Waals surface area contributed by atoms with E-state index < -0.39 is 0 Å². The zero-order valence-electron chi connectivity index (χ0n) is 10.8. The highest BCUT2D eigenvalue weighted by Crippen LogP contribution is 2.35. The fourth-order valence-electron chi connectivity index (χ4n) is 3.27. The van der Waals surface area contributed by atoms with Crippen molar-refractivity contribution in [2.45, 2.75) is 44.6 Å². The number of hydrogen-bond donors (Lipinski definition) is 1. The SMILES string of the molecule is Brc1ccc2c(c1)N(C1CCCCCC1)CCN2. The molecule has 0 aromatic heterocycles. The highest BCUT2D eigenvalue weighted by molar-refractivity contribution is 9.10. The lowest BCUT2D eigenvalue weighted by atomic mass is 10.0. The Morgan fingerprint density at radius 3 is 2.67 bits per heavy atom. The molecule has 0 radical (unpaired) electrons. The molecule has 98 valence electrons. The lowest BCUT2D eigenvalue weighted by Crippen LogP contribution is -2.41. The Labute approximate surface area is 118 Å². The Bertz CT molecular complexity index is 411. The van der Waals surface area contributed by atoms with Crippen LogP contribution >= 0.6 is 15.9 Å². The molecule has 3 heteroatoms. The Morgan fingerprint density at radius 1 is 1.11 bits per heavy atom. The van der Waals surface area contributed by atoms with Crippen molar-refractivity contribution in [3.05, 3.63) is 22.7 Å². The Morgan fingerprint density at radius 2 is 1.89 bits per heavy atom. The molecule has 0 bridgehead atoms. The summed E-state index contributed by atoms with van der Waals surface area (Å²) in [6.45, 7) is 2.22. The average Bonchev–Trinajstić information content (AvgIpc) is 2.67. The zero-order valence-corrected chi connectivity index (χ0v) is 12.4. The summed E-state index contributed by atoms with van der Waals surface area (Å²) < 4.78 is 1.18. The second-order valence-electron chi connectivity index (χ2n) is 5.43. The van der Waals surface area contributed by atoms with Gasteiger partial charge in [-0.05, 0) is 31.0 Å². The maximum Gasteiger partial charge on any atom is 0.0616 e. The van der Waals surface area contributed by atoms with Crippen LogP contribution in [0.5, 0.6) is 0 Å². The molecule has 0 unspecified atom stereocenters. The molecule has 1 aliphatic heterocycles. The number of fused-ring (bicyclic) bond motifs is 1. The Kier molecular flexibility index (Phi) is 3.78. The van der Waals surface area contributed by atoms with E-state index >= 15 is 0 Å². The molecule has 2 aliphatic rings.